The van der Waals surface area contributed by atoms with Crippen molar-refractivity contribution < 1.29 is 38.7 Å². The number of hydrogen-bond donors (Lipinski definition) is 2. The Bertz CT molecular complexity index is 1170. The Hall–Kier alpha value is -3.72. The Balaban J connectivity index is 1.62. The van der Waals surface area contributed by atoms with Gasteiger partial charge in [-0.15, -0.1) is 0 Å². The molecular formula is C25H25NO8. The van der Waals surface area contributed by atoms with Gasteiger partial charge >= 0.3 is 0 Å². The highest BCUT2D eigenvalue weighted by Gasteiger charge is 2.47. The second kappa shape index (κ2) is 8.90. The number of Topliss-reactive ketones (excluding diaryl/α,β-unsaturated/α-hetero) is 1. The lowest BCUT2D eigenvalue weighted by atomic mass is 9.94. The molecule has 2 saturated heterocycles. The van der Waals surface area contributed by atoms with E-state index in [1.54, 1.807) is 30.3 Å². The summed E-state index contributed by atoms with van der Waals surface area (Å²) in [5.74, 6) is -0.710. The summed E-state index contributed by atoms with van der Waals surface area (Å²) in [6.45, 7) is 1.60. The van der Waals surface area contributed by atoms with Gasteiger partial charge in [0, 0.05) is 18.7 Å². The number of aromatic hydroxyl groups is 1. The molecule has 2 aromatic rings. The number of likely N-dealkylation sites (tertiary alicyclic amines) is 1. The Labute approximate surface area is 196 Å². The third kappa shape index (κ3) is 3.81. The number of methoxy groups -OCH3 is 1. The quantitative estimate of drug-likeness (QED) is 0.392. The highest BCUT2D eigenvalue weighted by Crippen LogP contribution is 2.43. The Morgan fingerprint density at radius 1 is 1.09 bits per heavy atom. The number of carbonyl (C=O) groups is 2. The molecule has 3 aliphatic heterocycles. The standard InChI is InChI=1S/C25H25NO8/c1-31-19-11-14(4-6-17(19)27)22-21(24(29)25(30)26(22)13-16-3-2-8-32-16)23(28)15-5-7-18-20(12-15)34-10-9-33-18/h4-7,11-12,16,22,27-28H,2-3,8-10,13H2,1H3/t16-,22+/m0/s1. The number of rotatable bonds is 5. The lowest BCUT2D eigenvalue weighted by Crippen LogP contribution is -2.36. The van der Waals surface area contributed by atoms with Crippen molar-refractivity contribution in [2.75, 3.05) is 33.5 Å². The van der Waals surface area contributed by atoms with Crippen molar-refractivity contribution in [2.45, 2.75) is 25.0 Å². The van der Waals surface area contributed by atoms with Gasteiger partial charge < -0.3 is 34.1 Å². The molecule has 2 aromatic carbocycles. The number of ether oxygens (including phenoxy) is 4. The number of ketones is 1. The molecule has 2 fully saturated rings. The zero-order chi connectivity index (χ0) is 23.8. The number of benzene rings is 2. The van der Waals surface area contributed by atoms with Crippen molar-refractivity contribution in [3.63, 3.8) is 0 Å². The van der Waals surface area contributed by atoms with Gasteiger partial charge in [-0.1, -0.05) is 6.07 Å². The van der Waals surface area contributed by atoms with Crippen molar-refractivity contribution in [3.05, 3.63) is 53.1 Å². The van der Waals surface area contributed by atoms with Crippen LogP contribution in [0.3, 0.4) is 0 Å². The summed E-state index contributed by atoms with van der Waals surface area (Å²) >= 11 is 0. The van der Waals surface area contributed by atoms with Crippen LogP contribution < -0.4 is 14.2 Å². The lowest BCUT2D eigenvalue weighted by molar-refractivity contribution is -0.140. The Kier molecular flexibility index (Phi) is 5.79. The summed E-state index contributed by atoms with van der Waals surface area (Å²) in [5.41, 5.74) is 0.800. The first kappa shape index (κ1) is 22.1. The molecule has 0 saturated carbocycles. The first-order valence-corrected chi connectivity index (χ1v) is 11.1. The zero-order valence-electron chi connectivity index (χ0n) is 18.7. The van der Waals surface area contributed by atoms with E-state index >= 15 is 0 Å². The monoisotopic (exact) mass is 467 g/mol. The zero-order valence-corrected chi connectivity index (χ0v) is 18.7. The molecule has 0 unspecified atom stereocenters. The highest BCUT2D eigenvalue weighted by atomic mass is 16.6. The van der Waals surface area contributed by atoms with E-state index in [0.29, 0.717) is 42.4 Å². The third-order valence-corrected chi connectivity index (χ3v) is 6.30. The first-order chi connectivity index (χ1) is 16.5. The van der Waals surface area contributed by atoms with Gasteiger partial charge in [0.15, 0.2) is 23.0 Å². The van der Waals surface area contributed by atoms with Gasteiger partial charge in [0.1, 0.15) is 19.0 Å². The maximum atomic E-state index is 13.2. The molecule has 3 heterocycles. The smallest absolute Gasteiger partial charge is 0.295 e. The molecule has 1 amide bonds. The number of aliphatic hydroxyl groups is 1. The van der Waals surface area contributed by atoms with Crippen molar-refractivity contribution in [1.82, 2.24) is 4.90 Å². The van der Waals surface area contributed by atoms with Gasteiger partial charge in [-0.25, -0.2) is 0 Å². The van der Waals surface area contributed by atoms with Crippen LogP contribution in [0.15, 0.2) is 42.0 Å². The number of phenols is 1. The predicted octanol–water partition coefficient (Wildman–Crippen LogP) is 2.77. The minimum atomic E-state index is -0.882. The molecule has 0 aliphatic carbocycles. The molecule has 178 valence electrons. The summed E-state index contributed by atoms with van der Waals surface area (Å²) in [4.78, 5) is 27.8. The second-order valence-corrected chi connectivity index (χ2v) is 8.38. The molecule has 0 radical (unpaired) electrons. The van der Waals surface area contributed by atoms with E-state index < -0.39 is 17.7 Å². The van der Waals surface area contributed by atoms with Crippen LogP contribution in [0.2, 0.25) is 0 Å². The maximum absolute atomic E-state index is 13.2. The summed E-state index contributed by atoms with van der Waals surface area (Å²) in [7, 11) is 1.41. The van der Waals surface area contributed by atoms with Crippen molar-refractivity contribution in [2.24, 2.45) is 0 Å². The molecule has 9 heteroatoms. The highest BCUT2D eigenvalue weighted by molar-refractivity contribution is 6.46. The van der Waals surface area contributed by atoms with Crippen LogP contribution in [0, 0.1) is 0 Å². The van der Waals surface area contributed by atoms with Crippen molar-refractivity contribution >= 4 is 17.4 Å². The minimum Gasteiger partial charge on any atom is -0.507 e. The largest absolute Gasteiger partial charge is 0.507 e. The average Bonchev–Trinajstić information content (AvgIpc) is 3.46. The van der Waals surface area contributed by atoms with Gasteiger partial charge in [-0.2, -0.15) is 0 Å². The third-order valence-electron chi connectivity index (χ3n) is 6.30. The number of carbonyl (C=O) groups excluding carboxylic acids is 2. The fourth-order valence-corrected chi connectivity index (χ4v) is 4.63. The predicted molar refractivity (Wildman–Crippen MR) is 120 cm³/mol. The van der Waals surface area contributed by atoms with Gasteiger partial charge in [-0.05, 0) is 48.7 Å². The fourth-order valence-electron chi connectivity index (χ4n) is 4.63. The van der Waals surface area contributed by atoms with E-state index in [9.17, 15) is 19.8 Å². The molecule has 3 aliphatic rings. The molecule has 5 rings (SSSR count). The first-order valence-electron chi connectivity index (χ1n) is 11.1. The van der Waals surface area contributed by atoms with E-state index in [0.717, 1.165) is 12.8 Å². The summed E-state index contributed by atoms with van der Waals surface area (Å²) in [6, 6.07) is 8.58. The average molecular weight is 467 g/mol. The van der Waals surface area contributed by atoms with Gasteiger partial charge in [0.05, 0.1) is 24.8 Å². The number of aliphatic hydroxyl groups excluding tert-OH is 1. The molecule has 9 nitrogen and oxygen atoms in total. The van der Waals surface area contributed by atoms with Crippen LogP contribution in [0.25, 0.3) is 5.76 Å². The number of nitrogens with zero attached hydrogens (tertiary/aromatic N) is 1. The van der Waals surface area contributed by atoms with E-state index in [-0.39, 0.29) is 35.5 Å². The Morgan fingerprint density at radius 2 is 1.88 bits per heavy atom. The second-order valence-electron chi connectivity index (χ2n) is 8.38. The number of fused-ring (bicyclic) bond motifs is 1. The van der Waals surface area contributed by atoms with Crippen LogP contribution in [-0.4, -0.2) is 66.4 Å². The molecule has 2 atom stereocenters. The van der Waals surface area contributed by atoms with Gasteiger partial charge in [-0.3, -0.25) is 9.59 Å². The number of hydrogen-bond acceptors (Lipinski definition) is 8. The summed E-state index contributed by atoms with van der Waals surface area (Å²) in [5, 5.41) is 21.3. The topological polar surface area (TPSA) is 115 Å². The van der Waals surface area contributed by atoms with E-state index in [2.05, 4.69) is 0 Å². The maximum Gasteiger partial charge on any atom is 0.295 e. The van der Waals surface area contributed by atoms with E-state index in [4.69, 9.17) is 18.9 Å². The summed E-state index contributed by atoms with van der Waals surface area (Å²) < 4.78 is 22.1. The lowest BCUT2D eigenvalue weighted by Gasteiger charge is -2.28. The molecule has 34 heavy (non-hydrogen) atoms. The number of phenolic OH excluding ortho intramolecular Hbond substituents is 1. The molecule has 0 aromatic heterocycles. The molecular weight excluding hydrogens is 442 g/mol. The fraction of sp³-hybridized carbons (Fsp3) is 0.360. The molecule has 2 N–H and O–H groups in total. The van der Waals surface area contributed by atoms with Crippen LogP contribution in [0.4, 0.5) is 0 Å². The van der Waals surface area contributed by atoms with E-state index in [1.165, 1.54) is 18.1 Å². The Morgan fingerprint density at radius 3 is 2.62 bits per heavy atom. The van der Waals surface area contributed by atoms with Crippen LogP contribution in [0.5, 0.6) is 23.0 Å². The van der Waals surface area contributed by atoms with Crippen LogP contribution >= 0.6 is 0 Å². The van der Waals surface area contributed by atoms with Crippen LogP contribution in [-0.2, 0) is 14.3 Å². The van der Waals surface area contributed by atoms with Crippen LogP contribution in [0.1, 0.15) is 30.0 Å². The van der Waals surface area contributed by atoms with Crippen molar-refractivity contribution in [3.8, 4) is 23.0 Å². The van der Waals surface area contributed by atoms with Crippen molar-refractivity contribution in [1.29, 1.82) is 0 Å². The number of amides is 1. The van der Waals surface area contributed by atoms with Gasteiger partial charge in [0.25, 0.3) is 11.7 Å². The van der Waals surface area contributed by atoms with E-state index in [1.807, 2.05) is 0 Å². The minimum absolute atomic E-state index is 0.0487. The summed E-state index contributed by atoms with van der Waals surface area (Å²) in [6.07, 6.45) is 1.45. The molecule has 0 spiro atoms. The SMILES string of the molecule is COc1cc([C@@H]2C(=C(O)c3ccc4c(c3)OCCO4)C(=O)C(=O)N2C[C@@H]2CCCO2)ccc1O. The normalized spacial score (nSPS) is 23.4. The van der Waals surface area contributed by atoms with Gasteiger partial charge in [0.2, 0.25) is 0 Å². The molecule has 0 bridgehead atoms.